The third-order valence-corrected chi connectivity index (χ3v) is 3.38. The number of hydrogen-bond acceptors (Lipinski definition) is 8. The lowest BCUT2D eigenvalue weighted by molar-refractivity contribution is 1.16. The van der Waals surface area contributed by atoms with E-state index in [1.54, 1.807) is 0 Å². The fraction of sp³-hybridized carbons (Fsp3) is 0. The van der Waals surface area contributed by atoms with Gasteiger partial charge in [-0.25, -0.2) is 4.98 Å². The van der Waals surface area contributed by atoms with Gasteiger partial charge < -0.3 is 11.5 Å². The summed E-state index contributed by atoms with van der Waals surface area (Å²) in [6.45, 7) is 0. The van der Waals surface area contributed by atoms with E-state index in [2.05, 4.69) is 19.6 Å². The molecule has 2 aromatic heterocycles. The second-order valence-electron chi connectivity index (χ2n) is 4.17. The topological polar surface area (TPSA) is 127 Å². The molecule has 0 aliphatic heterocycles. The summed E-state index contributed by atoms with van der Waals surface area (Å²) >= 11 is 1.29. The van der Waals surface area contributed by atoms with Crippen LogP contribution in [0.4, 0.5) is 11.8 Å². The summed E-state index contributed by atoms with van der Waals surface area (Å²) in [5, 5.41) is 15.0. The van der Waals surface area contributed by atoms with Crippen LogP contribution in [0.15, 0.2) is 29.6 Å². The van der Waals surface area contributed by atoms with Gasteiger partial charge in [-0.2, -0.15) is 10.2 Å². The largest absolute Gasteiger partial charge is 0.382 e. The van der Waals surface area contributed by atoms with Crippen LogP contribution in [-0.4, -0.2) is 19.6 Å². The summed E-state index contributed by atoms with van der Waals surface area (Å²) in [7, 11) is 0. The van der Waals surface area contributed by atoms with Crippen LogP contribution in [0.2, 0.25) is 0 Å². The SMILES string of the molecule is N#Cc1c(N)nc(N)nc1-c1ccc(-c2csnn2)cc1. The molecule has 0 saturated heterocycles. The second-order valence-corrected chi connectivity index (χ2v) is 4.78. The molecule has 8 heteroatoms. The molecule has 3 aromatic rings. The standard InChI is InChI=1S/C13H9N7S/c14-5-9-11(17-13(16)18-12(9)15)8-3-1-7(2-4-8)10-6-21-20-19-10/h1-4,6H,(H4,15,16,17,18). The maximum absolute atomic E-state index is 9.19. The zero-order chi connectivity index (χ0) is 14.8. The summed E-state index contributed by atoms with van der Waals surface area (Å²) in [5.74, 6) is 0.113. The van der Waals surface area contributed by atoms with Crippen molar-refractivity contribution in [3.8, 4) is 28.6 Å². The van der Waals surface area contributed by atoms with Crippen LogP contribution >= 0.6 is 11.5 Å². The molecule has 0 saturated carbocycles. The minimum absolute atomic E-state index is 0.0364. The number of hydrogen-bond donors (Lipinski definition) is 2. The number of benzene rings is 1. The molecule has 0 bridgehead atoms. The van der Waals surface area contributed by atoms with Crippen molar-refractivity contribution < 1.29 is 0 Å². The monoisotopic (exact) mass is 295 g/mol. The Kier molecular flexibility index (Phi) is 3.17. The van der Waals surface area contributed by atoms with E-state index in [1.165, 1.54) is 11.5 Å². The number of nitriles is 1. The minimum Gasteiger partial charge on any atom is -0.382 e. The number of aromatic nitrogens is 4. The maximum atomic E-state index is 9.19. The molecule has 102 valence electrons. The molecule has 0 aliphatic carbocycles. The first-order valence-corrected chi connectivity index (χ1v) is 6.73. The van der Waals surface area contributed by atoms with Gasteiger partial charge in [0.1, 0.15) is 23.1 Å². The minimum atomic E-state index is 0.0364. The molecule has 7 nitrogen and oxygen atoms in total. The molecular weight excluding hydrogens is 286 g/mol. The summed E-state index contributed by atoms with van der Waals surface area (Å²) < 4.78 is 3.82. The average Bonchev–Trinajstić information content (AvgIpc) is 3.01. The van der Waals surface area contributed by atoms with Gasteiger partial charge in [0.2, 0.25) is 5.95 Å². The van der Waals surface area contributed by atoms with Crippen molar-refractivity contribution in [2.75, 3.05) is 11.5 Å². The van der Waals surface area contributed by atoms with Gasteiger partial charge in [-0.05, 0) is 11.5 Å². The van der Waals surface area contributed by atoms with E-state index < -0.39 is 0 Å². The van der Waals surface area contributed by atoms with Gasteiger partial charge in [0.25, 0.3) is 0 Å². The Balaban J connectivity index is 2.08. The Labute approximate surface area is 124 Å². The predicted octanol–water partition coefficient (Wildman–Crippen LogP) is 1.70. The van der Waals surface area contributed by atoms with Crippen LogP contribution in [0.3, 0.4) is 0 Å². The average molecular weight is 295 g/mol. The van der Waals surface area contributed by atoms with Crippen molar-refractivity contribution in [2.45, 2.75) is 0 Å². The van der Waals surface area contributed by atoms with Gasteiger partial charge in [0.05, 0.1) is 5.69 Å². The van der Waals surface area contributed by atoms with Crippen LogP contribution in [0.1, 0.15) is 5.56 Å². The normalized spacial score (nSPS) is 10.2. The molecule has 21 heavy (non-hydrogen) atoms. The molecule has 2 heterocycles. The maximum Gasteiger partial charge on any atom is 0.222 e. The number of nitrogens with zero attached hydrogens (tertiary/aromatic N) is 5. The summed E-state index contributed by atoms with van der Waals surface area (Å²) in [5.41, 5.74) is 14.4. The van der Waals surface area contributed by atoms with Crippen LogP contribution in [0.25, 0.3) is 22.5 Å². The Bertz CT molecular complexity index is 819. The molecule has 4 N–H and O–H groups in total. The Morgan fingerprint density at radius 2 is 1.76 bits per heavy atom. The molecule has 0 fully saturated rings. The van der Waals surface area contributed by atoms with Crippen LogP contribution < -0.4 is 11.5 Å². The highest BCUT2D eigenvalue weighted by Crippen LogP contribution is 2.27. The van der Waals surface area contributed by atoms with E-state index in [0.717, 1.165) is 16.8 Å². The first kappa shape index (κ1) is 13.0. The highest BCUT2D eigenvalue weighted by molar-refractivity contribution is 7.03. The van der Waals surface area contributed by atoms with Gasteiger partial charge in [-0.3, -0.25) is 0 Å². The third kappa shape index (κ3) is 2.37. The Hall–Kier alpha value is -3.05. The van der Waals surface area contributed by atoms with E-state index in [-0.39, 0.29) is 17.3 Å². The zero-order valence-corrected chi connectivity index (χ0v) is 11.5. The lowest BCUT2D eigenvalue weighted by atomic mass is 10.0. The Morgan fingerprint density at radius 1 is 1.05 bits per heavy atom. The van der Waals surface area contributed by atoms with Crippen LogP contribution in [-0.2, 0) is 0 Å². The zero-order valence-electron chi connectivity index (χ0n) is 10.7. The highest BCUT2D eigenvalue weighted by Gasteiger charge is 2.13. The predicted molar refractivity (Wildman–Crippen MR) is 79.9 cm³/mol. The first-order valence-electron chi connectivity index (χ1n) is 5.90. The van der Waals surface area contributed by atoms with Gasteiger partial charge >= 0.3 is 0 Å². The second kappa shape index (κ2) is 5.15. The van der Waals surface area contributed by atoms with Crippen molar-refractivity contribution in [1.82, 2.24) is 19.6 Å². The fourth-order valence-corrected chi connectivity index (χ4v) is 2.37. The molecular formula is C13H9N7S. The quantitative estimate of drug-likeness (QED) is 0.736. The van der Waals surface area contributed by atoms with Crippen molar-refractivity contribution in [1.29, 1.82) is 5.26 Å². The van der Waals surface area contributed by atoms with Crippen molar-refractivity contribution in [2.24, 2.45) is 0 Å². The van der Waals surface area contributed by atoms with Gasteiger partial charge in [-0.15, -0.1) is 5.10 Å². The van der Waals surface area contributed by atoms with E-state index in [1.807, 2.05) is 35.7 Å². The number of nitrogen functional groups attached to an aromatic ring is 2. The summed E-state index contributed by atoms with van der Waals surface area (Å²) in [6.07, 6.45) is 0. The molecule has 1 aromatic carbocycles. The number of rotatable bonds is 2. The molecule has 0 aliphatic rings. The number of anilines is 2. The van der Waals surface area contributed by atoms with Gasteiger partial charge in [0, 0.05) is 16.5 Å². The molecule has 0 radical (unpaired) electrons. The van der Waals surface area contributed by atoms with E-state index >= 15 is 0 Å². The molecule has 0 amide bonds. The van der Waals surface area contributed by atoms with Crippen molar-refractivity contribution in [3.05, 3.63) is 35.2 Å². The van der Waals surface area contributed by atoms with Gasteiger partial charge in [0.15, 0.2) is 0 Å². The van der Waals surface area contributed by atoms with Crippen LogP contribution in [0, 0.1) is 11.3 Å². The van der Waals surface area contributed by atoms with E-state index in [0.29, 0.717) is 5.69 Å². The molecule has 0 unspecified atom stereocenters. The molecule has 3 rings (SSSR count). The molecule has 0 spiro atoms. The lowest BCUT2D eigenvalue weighted by Crippen LogP contribution is -2.04. The fourth-order valence-electron chi connectivity index (χ4n) is 1.90. The lowest BCUT2D eigenvalue weighted by Gasteiger charge is -2.07. The van der Waals surface area contributed by atoms with E-state index in [4.69, 9.17) is 11.5 Å². The van der Waals surface area contributed by atoms with Crippen molar-refractivity contribution >= 4 is 23.3 Å². The van der Waals surface area contributed by atoms with Crippen LogP contribution in [0.5, 0.6) is 0 Å². The summed E-state index contributed by atoms with van der Waals surface area (Å²) in [6, 6.07) is 9.42. The number of nitrogens with two attached hydrogens (primary N) is 2. The summed E-state index contributed by atoms with van der Waals surface area (Å²) in [4.78, 5) is 7.90. The third-order valence-electron chi connectivity index (χ3n) is 2.88. The smallest absolute Gasteiger partial charge is 0.222 e. The van der Waals surface area contributed by atoms with E-state index in [9.17, 15) is 5.26 Å². The highest BCUT2D eigenvalue weighted by atomic mass is 32.1. The first-order chi connectivity index (χ1) is 10.2. The molecule has 0 atom stereocenters. The Morgan fingerprint density at radius 3 is 2.38 bits per heavy atom. The van der Waals surface area contributed by atoms with Crippen molar-refractivity contribution in [3.63, 3.8) is 0 Å². The van der Waals surface area contributed by atoms with Gasteiger partial charge in [-0.1, -0.05) is 28.8 Å².